The van der Waals surface area contributed by atoms with Gasteiger partial charge in [0.15, 0.2) is 0 Å². The van der Waals surface area contributed by atoms with Crippen molar-refractivity contribution in [1.29, 1.82) is 0 Å². The van der Waals surface area contributed by atoms with E-state index in [1.807, 2.05) is 0 Å². The molecule has 0 aliphatic rings. The molecule has 0 aromatic rings. The standard InChI is InChI=1S/C9H17NO3/c1-3-4-5-8(13-2)6-10-7-9(11)12/h6,10H,3-5,7H2,1-2H3,(H,11,12)/b8-6-. The maximum Gasteiger partial charge on any atom is 0.322 e. The zero-order chi connectivity index (χ0) is 10.1. The molecule has 0 saturated carbocycles. The van der Waals surface area contributed by atoms with E-state index in [-0.39, 0.29) is 6.54 Å². The summed E-state index contributed by atoms with van der Waals surface area (Å²) in [5.74, 6) is -0.0784. The Kier molecular flexibility index (Phi) is 6.78. The Hall–Kier alpha value is -1.19. The number of hydrogen-bond acceptors (Lipinski definition) is 3. The summed E-state index contributed by atoms with van der Waals surface area (Å²) in [6, 6.07) is 0. The fourth-order valence-corrected chi connectivity index (χ4v) is 0.836. The van der Waals surface area contributed by atoms with Crippen LogP contribution >= 0.6 is 0 Å². The highest BCUT2D eigenvalue weighted by Crippen LogP contribution is 2.05. The second-order valence-electron chi connectivity index (χ2n) is 2.69. The predicted molar refractivity (Wildman–Crippen MR) is 50.3 cm³/mol. The van der Waals surface area contributed by atoms with Gasteiger partial charge in [-0.1, -0.05) is 13.3 Å². The zero-order valence-corrected chi connectivity index (χ0v) is 8.17. The van der Waals surface area contributed by atoms with E-state index in [9.17, 15) is 4.79 Å². The quantitative estimate of drug-likeness (QED) is 0.590. The molecule has 0 saturated heterocycles. The highest BCUT2D eigenvalue weighted by Gasteiger charge is 1.96. The first kappa shape index (κ1) is 11.8. The third-order valence-corrected chi connectivity index (χ3v) is 1.56. The lowest BCUT2D eigenvalue weighted by Crippen LogP contribution is -2.17. The molecule has 76 valence electrons. The van der Waals surface area contributed by atoms with Crippen LogP contribution in [0.1, 0.15) is 26.2 Å². The van der Waals surface area contributed by atoms with E-state index in [2.05, 4.69) is 12.2 Å². The smallest absolute Gasteiger partial charge is 0.322 e. The summed E-state index contributed by atoms with van der Waals surface area (Å²) in [6.07, 6.45) is 4.61. The number of ether oxygens (including phenoxy) is 1. The molecule has 0 aliphatic heterocycles. The maximum atomic E-state index is 10.2. The van der Waals surface area contributed by atoms with Crippen molar-refractivity contribution in [1.82, 2.24) is 5.32 Å². The third-order valence-electron chi connectivity index (χ3n) is 1.56. The van der Waals surface area contributed by atoms with Gasteiger partial charge in [-0.25, -0.2) is 0 Å². The van der Waals surface area contributed by atoms with Gasteiger partial charge < -0.3 is 15.2 Å². The normalized spacial score (nSPS) is 11.1. The molecular formula is C9H17NO3. The van der Waals surface area contributed by atoms with Crippen molar-refractivity contribution in [2.45, 2.75) is 26.2 Å². The summed E-state index contributed by atoms with van der Waals surface area (Å²) in [5.41, 5.74) is 0. The highest BCUT2D eigenvalue weighted by molar-refractivity contribution is 5.69. The molecule has 0 heterocycles. The van der Waals surface area contributed by atoms with E-state index < -0.39 is 5.97 Å². The van der Waals surface area contributed by atoms with E-state index in [1.54, 1.807) is 13.3 Å². The van der Waals surface area contributed by atoms with Crippen LogP contribution in [0.15, 0.2) is 12.0 Å². The molecule has 0 unspecified atom stereocenters. The molecule has 0 aromatic carbocycles. The second kappa shape index (κ2) is 7.46. The zero-order valence-electron chi connectivity index (χ0n) is 8.17. The van der Waals surface area contributed by atoms with Crippen molar-refractivity contribution in [3.63, 3.8) is 0 Å². The number of carboxylic acids is 1. The Morgan fingerprint density at radius 3 is 2.77 bits per heavy atom. The van der Waals surface area contributed by atoms with Crippen LogP contribution in [0, 0.1) is 0 Å². The van der Waals surface area contributed by atoms with E-state index in [1.165, 1.54) is 0 Å². The van der Waals surface area contributed by atoms with Crippen molar-refractivity contribution in [2.75, 3.05) is 13.7 Å². The Bertz CT molecular complexity index is 178. The Morgan fingerprint density at radius 1 is 1.62 bits per heavy atom. The molecule has 0 spiro atoms. The van der Waals surface area contributed by atoms with Crippen molar-refractivity contribution >= 4 is 5.97 Å². The molecule has 0 radical (unpaired) electrons. The molecule has 0 rings (SSSR count). The molecule has 0 aromatic heterocycles. The van der Waals surface area contributed by atoms with Gasteiger partial charge in [-0.3, -0.25) is 4.79 Å². The van der Waals surface area contributed by atoms with Crippen LogP contribution in [-0.2, 0) is 9.53 Å². The van der Waals surface area contributed by atoms with Crippen molar-refractivity contribution in [3.8, 4) is 0 Å². The average molecular weight is 187 g/mol. The monoisotopic (exact) mass is 187 g/mol. The number of unbranched alkanes of at least 4 members (excludes halogenated alkanes) is 1. The van der Waals surface area contributed by atoms with Crippen LogP contribution in [0.5, 0.6) is 0 Å². The minimum Gasteiger partial charge on any atom is -0.500 e. The number of nitrogens with one attached hydrogen (secondary N) is 1. The number of allylic oxidation sites excluding steroid dienone is 1. The van der Waals surface area contributed by atoms with Crippen LogP contribution in [0.25, 0.3) is 0 Å². The van der Waals surface area contributed by atoms with Crippen LogP contribution in [0.3, 0.4) is 0 Å². The summed E-state index contributed by atoms with van der Waals surface area (Å²) in [6.45, 7) is 2.02. The second-order valence-corrected chi connectivity index (χ2v) is 2.69. The molecule has 2 N–H and O–H groups in total. The number of carboxylic acid groups (broad SMARTS) is 1. The average Bonchev–Trinajstić information content (AvgIpc) is 2.10. The van der Waals surface area contributed by atoms with Gasteiger partial charge in [-0.15, -0.1) is 0 Å². The molecule has 0 bridgehead atoms. The van der Waals surface area contributed by atoms with Crippen molar-refractivity contribution in [2.24, 2.45) is 0 Å². The molecule has 13 heavy (non-hydrogen) atoms. The van der Waals surface area contributed by atoms with Gasteiger partial charge in [0.05, 0.1) is 7.11 Å². The first-order valence-electron chi connectivity index (χ1n) is 4.39. The van der Waals surface area contributed by atoms with Gasteiger partial charge in [0.1, 0.15) is 12.3 Å². The first-order chi connectivity index (χ1) is 6.20. The van der Waals surface area contributed by atoms with Gasteiger partial charge in [0.2, 0.25) is 0 Å². The van der Waals surface area contributed by atoms with E-state index >= 15 is 0 Å². The lowest BCUT2D eigenvalue weighted by atomic mass is 10.2. The minimum atomic E-state index is -0.873. The lowest BCUT2D eigenvalue weighted by molar-refractivity contribution is -0.135. The number of aliphatic carboxylic acids is 1. The van der Waals surface area contributed by atoms with E-state index in [0.29, 0.717) is 0 Å². The molecule has 4 heteroatoms. The first-order valence-corrected chi connectivity index (χ1v) is 4.39. The Morgan fingerprint density at radius 2 is 2.31 bits per heavy atom. The topological polar surface area (TPSA) is 58.6 Å². The number of hydrogen-bond donors (Lipinski definition) is 2. The highest BCUT2D eigenvalue weighted by atomic mass is 16.5. The lowest BCUT2D eigenvalue weighted by Gasteiger charge is -2.05. The number of methoxy groups -OCH3 is 1. The molecule has 4 nitrogen and oxygen atoms in total. The summed E-state index contributed by atoms with van der Waals surface area (Å²) in [4.78, 5) is 10.2. The van der Waals surface area contributed by atoms with Crippen LogP contribution in [-0.4, -0.2) is 24.7 Å². The van der Waals surface area contributed by atoms with Gasteiger partial charge in [0.25, 0.3) is 0 Å². The van der Waals surface area contributed by atoms with Crippen molar-refractivity contribution in [3.05, 3.63) is 12.0 Å². The van der Waals surface area contributed by atoms with Gasteiger partial charge in [-0.05, 0) is 6.42 Å². The third kappa shape index (κ3) is 7.18. The van der Waals surface area contributed by atoms with E-state index in [0.717, 1.165) is 25.0 Å². The fourth-order valence-electron chi connectivity index (χ4n) is 0.836. The summed E-state index contributed by atoms with van der Waals surface area (Å²) < 4.78 is 5.04. The van der Waals surface area contributed by atoms with Gasteiger partial charge >= 0.3 is 5.97 Å². The van der Waals surface area contributed by atoms with Crippen molar-refractivity contribution < 1.29 is 14.6 Å². The predicted octanol–water partition coefficient (Wildman–Crippen LogP) is 1.34. The van der Waals surface area contributed by atoms with Crippen LogP contribution in [0.2, 0.25) is 0 Å². The molecule has 0 atom stereocenters. The largest absolute Gasteiger partial charge is 0.500 e. The van der Waals surface area contributed by atoms with Gasteiger partial charge in [0, 0.05) is 12.6 Å². The van der Waals surface area contributed by atoms with Crippen LogP contribution < -0.4 is 5.32 Å². The fraction of sp³-hybridized carbons (Fsp3) is 0.667. The summed E-state index contributed by atoms with van der Waals surface area (Å²) >= 11 is 0. The summed E-state index contributed by atoms with van der Waals surface area (Å²) in [5, 5.41) is 11.0. The van der Waals surface area contributed by atoms with E-state index in [4.69, 9.17) is 9.84 Å². The number of carbonyl (C=O) groups is 1. The molecule has 0 amide bonds. The maximum absolute atomic E-state index is 10.2. The molecular weight excluding hydrogens is 170 g/mol. The molecule has 0 aliphatic carbocycles. The minimum absolute atomic E-state index is 0.0705. The molecule has 0 fully saturated rings. The van der Waals surface area contributed by atoms with Crippen LogP contribution in [0.4, 0.5) is 0 Å². The Balaban J connectivity index is 3.71. The van der Waals surface area contributed by atoms with Gasteiger partial charge in [-0.2, -0.15) is 0 Å². The Labute approximate surface area is 78.6 Å². The SMILES string of the molecule is CCCC/C(=C/NCC(=O)O)OC. The number of rotatable bonds is 7. The summed E-state index contributed by atoms with van der Waals surface area (Å²) in [7, 11) is 1.59.